The third-order valence-electron chi connectivity index (χ3n) is 4.11. The first-order valence-corrected chi connectivity index (χ1v) is 7.57. The zero-order chi connectivity index (χ0) is 16.8. The van der Waals surface area contributed by atoms with Gasteiger partial charge < -0.3 is 20.3 Å². The molecule has 0 aliphatic carbocycles. The number of hydrogen-bond donors (Lipinski definition) is 2. The van der Waals surface area contributed by atoms with E-state index in [1.807, 2.05) is 18.2 Å². The van der Waals surface area contributed by atoms with Crippen molar-refractivity contribution < 1.29 is 19.4 Å². The highest BCUT2D eigenvalue weighted by molar-refractivity contribution is 5.77. The Labute approximate surface area is 132 Å². The molecule has 2 atom stereocenters. The lowest BCUT2D eigenvalue weighted by molar-refractivity contribution is -0.143. The van der Waals surface area contributed by atoms with E-state index in [-0.39, 0.29) is 5.92 Å². The Morgan fingerprint density at radius 2 is 1.86 bits per heavy atom. The zero-order valence-electron chi connectivity index (χ0n) is 13.9. The summed E-state index contributed by atoms with van der Waals surface area (Å²) in [6, 6.07) is 5.70. The van der Waals surface area contributed by atoms with Gasteiger partial charge in [0.25, 0.3) is 0 Å². The van der Waals surface area contributed by atoms with Gasteiger partial charge in [-0.15, -0.1) is 0 Å². The summed E-state index contributed by atoms with van der Waals surface area (Å²) in [5.74, 6) is 0.868. The molecule has 0 spiro atoms. The molecule has 0 aliphatic rings. The second kappa shape index (κ2) is 8.03. The van der Waals surface area contributed by atoms with Crippen LogP contribution in [0.3, 0.4) is 0 Å². The lowest BCUT2D eigenvalue weighted by atomic mass is 9.84. The molecule has 0 fully saturated rings. The minimum Gasteiger partial charge on any atom is -0.496 e. The fourth-order valence-electron chi connectivity index (χ4n) is 2.66. The Morgan fingerprint density at radius 1 is 1.32 bits per heavy atom. The maximum atomic E-state index is 11.2. The highest BCUT2D eigenvalue weighted by Crippen LogP contribution is 2.32. The van der Waals surface area contributed by atoms with Crippen molar-refractivity contribution in [3.63, 3.8) is 0 Å². The Bertz CT molecular complexity index is 477. The number of rotatable bonds is 9. The molecular formula is C17H27NO4. The first kappa shape index (κ1) is 18.3. The molecule has 0 aromatic heterocycles. The van der Waals surface area contributed by atoms with Crippen molar-refractivity contribution in [1.82, 2.24) is 0 Å². The van der Waals surface area contributed by atoms with Gasteiger partial charge in [0, 0.05) is 5.56 Å². The fourth-order valence-corrected chi connectivity index (χ4v) is 2.66. The first-order valence-electron chi connectivity index (χ1n) is 7.57. The third-order valence-corrected chi connectivity index (χ3v) is 4.11. The Hall–Kier alpha value is -1.75. The Kier molecular flexibility index (Phi) is 6.68. The average molecular weight is 309 g/mol. The molecule has 0 amide bonds. The van der Waals surface area contributed by atoms with Crippen LogP contribution in [0.25, 0.3) is 0 Å². The molecule has 2 unspecified atom stereocenters. The van der Waals surface area contributed by atoms with Crippen LogP contribution < -0.4 is 15.2 Å². The quantitative estimate of drug-likeness (QED) is 0.733. The normalized spacial score (nSPS) is 15.0. The second-order valence-corrected chi connectivity index (χ2v) is 5.88. The lowest BCUT2D eigenvalue weighted by Gasteiger charge is -2.25. The molecule has 124 valence electrons. The molecule has 0 radical (unpaired) electrons. The van der Waals surface area contributed by atoms with Gasteiger partial charge in [0.2, 0.25) is 0 Å². The molecular weight excluding hydrogens is 282 g/mol. The summed E-state index contributed by atoms with van der Waals surface area (Å²) in [5.41, 5.74) is 5.69. The van der Waals surface area contributed by atoms with Gasteiger partial charge in [-0.2, -0.15) is 0 Å². The summed E-state index contributed by atoms with van der Waals surface area (Å²) in [5, 5.41) is 9.17. The number of hydrogen-bond acceptors (Lipinski definition) is 4. The summed E-state index contributed by atoms with van der Waals surface area (Å²) in [4.78, 5) is 11.2. The van der Waals surface area contributed by atoms with Crippen LogP contribution >= 0.6 is 0 Å². The molecule has 0 heterocycles. The maximum Gasteiger partial charge on any atom is 0.323 e. The number of carbonyl (C=O) groups is 1. The molecule has 1 rings (SSSR count). The van der Waals surface area contributed by atoms with Gasteiger partial charge in [0.1, 0.15) is 17.0 Å². The van der Waals surface area contributed by atoms with Crippen LogP contribution in [0, 0.1) is 5.92 Å². The van der Waals surface area contributed by atoms with Crippen LogP contribution in [0.15, 0.2) is 18.2 Å². The number of carboxylic acids is 1. The van der Waals surface area contributed by atoms with Crippen molar-refractivity contribution in [3.8, 4) is 11.5 Å². The lowest BCUT2D eigenvalue weighted by Crippen LogP contribution is -2.46. The highest BCUT2D eigenvalue weighted by atomic mass is 16.5. The number of methoxy groups -OCH3 is 2. The van der Waals surface area contributed by atoms with E-state index >= 15 is 0 Å². The summed E-state index contributed by atoms with van der Waals surface area (Å²) >= 11 is 0. The Balaban J connectivity index is 2.81. The molecule has 0 bridgehead atoms. The third kappa shape index (κ3) is 4.63. The first-order chi connectivity index (χ1) is 10.4. The van der Waals surface area contributed by atoms with Gasteiger partial charge in [0.05, 0.1) is 14.2 Å². The number of ether oxygens (including phenoxy) is 2. The summed E-state index contributed by atoms with van der Waals surface area (Å²) in [7, 11) is 3.27. The van der Waals surface area contributed by atoms with Crippen molar-refractivity contribution in [2.75, 3.05) is 14.2 Å². The van der Waals surface area contributed by atoms with Crippen molar-refractivity contribution in [2.45, 2.75) is 45.1 Å². The van der Waals surface area contributed by atoms with E-state index in [0.29, 0.717) is 6.42 Å². The standard InChI is InChI=1S/C17H27NO4/c1-5-12(11-17(2,18)16(19)20)9-10-13-14(21-3)7-6-8-15(13)22-4/h6-8,12H,5,9-11,18H2,1-4H3,(H,19,20). The number of aliphatic carboxylic acids is 1. The second-order valence-electron chi connectivity index (χ2n) is 5.88. The predicted molar refractivity (Wildman–Crippen MR) is 86.5 cm³/mol. The van der Waals surface area contributed by atoms with Crippen LogP contribution in [0.4, 0.5) is 0 Å². The van der Waals surface area contributed by atoms with Gasteiger partial charge in [-0.1, -0.05) is 19.4 Å². The number of nitrogens with two attached hydrogens (primary N) is 1. The van der Waals surface area contributed by atoms with E-state index in [1.54, 1.807) is 21.1 Å². The predicted octanol–water partition coefficient (Wildman–Crippen LogP) is 2.85. The van der Waals surface area contributed by atoms with Crippen LogP contribution in [0.1, 0.15) is 38.7 Å². The van der Waals surface area contributed by atoms with Crippen molar-refractivity contribution >= 4 is 5.97 Å². The highest BCUT2D eigenvalue weighted by Gasteiger charge is 2.30. The van der Waals surface area contributed by atoms with Gasteiger partial charge in [-0.25, -0.2) is 0 Å². The van der Waals surface area contributed by atoms with Crippen LogP contribution in [-0.2, 0) is 11.2 Å². The average Bonchev–Trinajstić information content (AvgIpc) is 2.50. The van der Waals surface area contributed by atoms with Gasteiger partial charge >= 0.3 is 5.97 Å². The summed E-state index contributed by atoms with van der Waals surface area (Å²) in [6.07, 6.45) is 2.95. The topological polar surface area (TPSA) is 81.8 Å². The molecule has 22 heavy (non-hydrogen) atoms. The largest absolute Gasteiger partial charge is 0.496 e. The van der Waals surface area contributed by atoms with Crippen LogP contribution in [0.2, 0.25) is 0 Å². The van der Waals surface area contributed by atoms with E-state index in [1.165, 1.54) is 0 Å². The molecule has 5 heteroatoms. The van der Waals surface area contributed by atoms with Crippen LogP contribution in [0.5, 0.6) is 11.5 Å². The van der Waals surface area contributed by atoms with Crippen molar-refractivity contribution in [3.05, 3.63) is 23.8 Å². The van der Waals surface area contributed by atoms with Crippen molar-refractivity contribution in [1.29, 1.82) is 0 Å². The van der Waals surface area contributed by atoms with E-state index < -0.39 is 11.5 Å². The van der Waals surface area contributed by atoms with Gasteiger partial charge in [0.15, 0.2) is 0 Å². The van der Waals surface area contributed by atoms with E-state index in [0.717, 1.165) is 36.3 Å². The number of benzene rings is 1. The van der Waals surface area contributed by atoms with Gasteiger partial charge in [-0.3, -0.25) is 4.79 Å². The molecule has 5 nitrogen and oxygen atoms in total. The van der Waals surface area contributed by atoms with E-state index in [4.69, 9.17) is 15.2 Å². The summed E-state index contributed by atoms with van der Waals surface area (Å²) in [6.45, 7) is 3.63. The molecule has 0 saturated carbocycles. The van der Waals surface area contributed by atoms with Gasteiger partial charge in [-0.05, 0) is 44.2 Å². The summed E-state index contributed by atoms with van der Waals surface area (Å²) < 4.78 is 10.8. The molecule has 3 N–H and O–H groups in total. The minimum absolute atomic E-state index is 0.237. The Morgan fingerprint density at radius 3 is 2.27 bits per heavy atom. The molecule has 1 aromatic carbocycles. The van der Waals surface area contributed by atoms with E-state index in [9.17, 15) is 9.90 Å². The van der Waals surface area contributed by atoms with Crippen LogP contribution in [-0.4, -0.2) is 30.8 Å². The smallest absolute Gasteiger partial charge is 0.323 e. The van der Waals surface area contributed by atoms with Crippen molar-refractivity contribution in [2.24, 2.45) is 11.7 Å². The zero-order valence-corrected chi connectivity index (χ0v) is 13.9. The SMILES string of the molecule is CCC(CCc1c(OC)cccc1OC)CC(C)(N)C(=O)O. The van der Waals surface area contributed by atoms with E-state index in [2.05, 4.69) is 6.92 Å². The fraction of sp³-hybridized carbons (Fsp3) is 0.588. The molecule has 0 aliphatic heterocycles. The maximum absolute atomic E-state index is 11.2. The molecule has 1 aromatic rings. The monoisotopic (exact) mass is 309 g/mol. The minimum atomic E-state index is -1.19. The molecule has 0 saturated heterocycles. The number of carboxylic acid groups (broad SMARTS) is 1.